The first-order chi connectivity index (χ1) is 15.6. The average molecular weight is 451 g/mol. The van der Waals surface area contributed by atoms with Crippen LogP contribution in [0.15, 0.2) is 54.2 Å². The van der Waals surface area contributed by atoms with Crippen molar-refractivity contribution in [3.05, 3.63) is 81.7 Å². The van der Waals surface area contributed by atoms with Gasteiger partial charge < -0.3 is 19.3 Å². The van der Waals surface area contributed by atoms with Gasteiger partial charge in [-0.05, 0) is 12.1 Å². The summed E-state index contributed by atoms with van der Waals surface area (Å²) >= 11 is 0. The van der Waals surface area contributed by atoms with Crippen LogP contribution in [-0.2, 0) is 16.0 Å². The number of fused-ring (bicyclic) bond motifs is 2. The van der Waals surface area contributed by atoms with Gasteiger partial charge in [0.1, 0.15) is 19.7 Å². The Morgan fingerprint density at radius 3 is 2.09 bits per heavy atom. The van der Waals surface area contributed by atoms with E-state index in [1.54, 1.807) is 31.4 Å². The molecule has 0 saturated heterocycles. The highest BCUT2D eigenvalue weighted by Crippen LogP contribution is 2.41. The van der Waals surface area contributed by atoms with Crippen LogP contribution < -0.4 is 0 Å². The van der Waals surface area contributed by atoms with E-state index in [9.17, 15) is 14.8 Å². The van der Waals surface area contributed by atoms with Crippen molar-refractivity contribution >= 4 is 17.6 Å². The Morgan fingerprint density at radius 2 is 1.52 bits per heavy atom. The molecule has 2 heterocycles. The second-order valence-electron chi connectivity index (χ2n) is 9.78. The van der Waals surface area contributed by atoms with Crippen LogP contribution >= 0.6 is 0 Å². The number of hydrogen-bond acceptors (Lipinski definition) is 5. The van der Waals surface area contributed by atoms with E-state index in [4.69, 9.17) is 9.47 Å². The van der Waals surface area contributed by atoms with Crippen molar-refractivity contribution < 1.29 is 23.7 Å². The highest BCUT2D eigenvalue weighted by atomic mass is 16.6. The van der Waals surface area contributed by atoms with Crippen molar-refractivity contribution in [2.45, 2.75) is 27.3 Å². The molecule has 0 bridgehead atoms. The maximum Gasteiger partial charge on any atom is 0.262 e. The van der Waals surface area contributed by atoms with Crippen molar-refractivity contribution in [3.8, 4) is 0 Å². The van der Waals surface area contributed by atoms with E-state index in [-0.39, 0.29) is 43.5 Å². The fraction of sp³-hybridized carbons (Fsp3) is 0.385. The third-order valence-corrected chi connectivity index (χ3v) is 5.89. The summed E-state index contributed by atoms with van der Waals surface area (Å²) in [7, 11) is 1.58. The van der Waals surface area contributed by atoms with E-state index >= 15 is 0 Å². The number of hydrogen-bond donors (Lipinski definition) is 0. The second-order valence-corrected chi connectivity index (χ2v) is 9.78. The van der Waals surface area contributed by atoms with E-state index in [1.165, 1.54) is 4.90 Å². The number of quaternary nitrogens is 1. The summed E-state index contributed by atoms with van der Waals surface area (Å²) in [5, 5.41) is 14.5. The standard InChI is InChI=1S/C26H30N2O5/c1-26(2,3)17-28(31)16-18-9-5-6-10-19(18)23(33-14-13-32-4)22(28)15-27-24(29)20-11-7-8-12-21(20)25(27)30/h5-12H,13-17H2,1-4H3. The Labute approximate surface area is 194 Å². The Bertz CT molecular complexity index is 1080. The van der Waals surface area contributed by atoms with Gasteiger partial charge in [-0.2, -0.15) is 0 Å². The molecule has 174 valence electrons. The van der Waals surface area contributed by atoms with Crippen LogP contribution in [0.25, 0.3) is 5.76 Å². The van der Waals surface area contributed by atoms with E-state index in [0.717, 1.165) is 11.1 Å². The van der Waals surface area contributed by atoms with Crippen LogP contribution in [0.1, 0.15) is 52.6 Å². The number of rotatable bonds is 7. The summed E-state index contributed by atoms with van der Waals surface area (Å²) in [5.41, 5.74) is 2.52. The summed E-state index contributed by atoms with van der Waals surface area (Å²) in [5.74, 6) is -0.342. The zero-order chi connectivity index (χ0) is 23.8. The van der Waals surface area contributed by atoms with Crippen molar-refractivity contribution in [1.29, 1.82) is 0 Å². The third kappa shape index (κ3) is 4.44. The van der Waals surface area contributed by atoms with Gasteiger partial charge in [-0.15, -0.1) is 0 Å². The lowest BCUT2D eigenvalue weighted by Gasteiger charge is -2.50. The number of ether oxygens (including phenoxy) is 2. The number of benzene rings is 2. The van der Waals surface area contributed by atoms with Gasteiger partial charge in [0, 0.05) is 23.7 Å². The molecule has 0 fully saturated rings. The lowest BCUT2D eigenvalue weighted by Crippen LogP contribution is -2.51. The topological polar surface area (TPSA) is 78.9 Å². The number of nitrogens with zero attached hydrogens (tertiary/aromatic N) is 2. The van der Waals surface area contributed by atoms with Gasteiger partial charge in [-0.25, -0.2) is 0 Å². The average Bonchev–Trinajstić information content (AvgIpc) is 2.99. The molecule has 2 aromatic rings. The first kappa shape index (κ1) is 23.2. The first-order valence-corrected chi connectivity index (χ1v) is 11.1. The number of imide groups is 1. The smallest absolute Gasteiger partial charge is 0.262 e. The van der Waals surface area contributed by atoms with Crippen molar-refractivity contribution in [2.75, 3.05) is 33.4 Å². The quantitative estimate of drug-likeness (QED) is 0.274. The van der Waals surface area contributed by atoms with Crippen LogP contribution in [0, 0.1) is 10.6 Å². The van der Waals surface area contributed by atoms with E-state index in [0.29, 0.717) is 29.2 Å². The highest BCUT2D eigenvalue weighted by Gasteiger charge is 2.43. The van der Waals surface area contributed by atoms with Gasteiger partial charge in [0.25, 0.3) is 11.8 Å². The molecular weight excluding hydrogens is 420 g/mol. The SMILES string of the molecule is COCCOC1=C(CN2C(=O)c3ccccc3C2=O)[N+]([O-])(CC(C)(C)C)Cc2ccccc21. The zero-order valence-corrected chi connectivity index (χ0v) is 19.6. The van der Waals surface area contributed by atoms with Crippen LogP contribution in [-0.4, -0.2) is 54.8 Å². The molecule has 0 saturated carbocycles. The molecule has 1 atom stereocenters. The minimum absolute atomic E-state index is 0.122. The molecular formula is C26H30N2O5. The molecule has 2 aliphatic rings. The van der Waals surface area contributed by atoms with E-state index < -0.39 is 4.65 Å². The lowest BCUT2D eigenvalue weighted by molar-refractivity contribution is -0.864. The monoisotopic (exact) mass is 450 g/mol. The Balaban J connectivity index is 1.83. The number of carbonyl (C=O) groups is 2. The predicted octanol–water partition coefficient (Wildman–Crippen LogP) is 4.19. The van der Waals surface area contributed by atoms with Crippen LogP contribution in [0.3, 0.4) is 0 Å². The fourth-order valence-electron chi connectivity index (χ4n) is 4.63. The van der Waals surface area contributed by atoms with Gasteiger partial charge in [0.05, 0.1) is 24.3 Å². The van der Waals surface area contributed by atoms with Gasteiger partial charge in [-0.1, -0.05) is 57.2 Å². The van der Waals surface area contributed by atoms with Gasteiger partial charge in [0.2, 0.25) is 0 Å². The molecule has 2 aliphatic heterocycles. The van der Waals surface area contributed by atoms with Crippen LogP contribution in [0.2, 0.25) is 0 Å². The van der Waals surface area contributed by atoms with Crippen molar-refractivity contribution in [3.63, 3.8) is 0 Å². The Hall–Kier alpha value is -3.00. The molecule has 7 heteroatoms. The highest BCUT2D eigenvalue weighted by molar-refractivity contribution is 6.21. The Morgan fingerprint density at radius 1 is 0.939 bits per heavy atom. The van der Waals surface area contributed by atoms with Crippen LogP contribution in [0.4, 0.5) is 0 Å². The molecule has 33 heavy (non-hydrogen) atoms. The number of hydroxylamine groups is 3. The minimum Gasteiger partial charge on any atom is -0.627 e. The minimum atomic E-state index is -0.684. The molecule has 0 spiro atoms. The molecule has 2 amide bonds. The maximum atomic E-state index is 14.5. The molecule has 0 aromatic heterocycles. The number of amides is 2. The van der Waals surface area contributed by atoms with Gasteiger partial charge in [0.15, 0.2) is 11.5 Å². The second kappa shape index (κ2) is 8.74. The molecule has 4 rings (SSSR count). The summed E-state index contributed by atoms with van der Waals surface area (Å²) in [6.07, 6.45) is 0. The molecule has 7 nitrogen and oxygen atoms in total. The largest absolute Gasteiger partial charge is 0.627 e. The van der Waals surface area contributed by atoms with E-state index in [1.807, 2.05) is 45.0 Å². The third-order valence-electron chi connectivity index (χ3n) is 5.89. The summed E-state index contributed by atoms with van der Waals surface area (Å²) in [6, 6.07) is 14.4. The van der Waals surface area contributed by atoms with Gasteiger partial charge in [-0.3, -0.25) is 14.5 Å². The maximum absolute atomic E-state index is 14.5. The molecule has 1 unspecified atom stereocenters. The molecule has 0 radical (unpaired) electrons. The molecule has 0 N–H and O–H groups in total. The summed E-state index contributed by atoms with van der Waals surface area (Å²) in [4.78, 5) is 27.4. The summed E-state index contributed by atoms with van der Waals surface area (Å²) < 4.78 is 10.6. The van der Waals surface area contributed by atoms with Crippen LogP contribution in [0.5, 0.6) is 0 Å². The van der Waals surface area contributed by atoms with Gasteiger partial charge >= 0.3 is 0 Å². The fourth-order valence-corrected chi connectivity index (χ4v) is 4.63. The lowest BCUT2D eigenvalue weighted by atomic mass is 9.92. The normalized spacial score (nSPS) is 20.2. The summed E-state index contributed by atoms with van der Waals surface area (Å²) in [6.45, 7) is 7.00. The van der Waals surface area contributed by atoms with Crippen molar-refractivity contribution in [2.24, 2.45) is 5.41 Å². The van der Waals surface area contributed by atoms with E-state index in [2.05, 4.69) is 0 Å². The number of carbonyl (C=O) groups excluding carboxylic acids is 2. The zero-order valence-electron chi connectivity index (χ0n) is 19.6. The first-order valence-electron chi connectivity index (χ1n) is 11.1. The predicted molar refractivity (Wildman–Crippen MR) is 125 cm³/mol. The molecule has 2 aromatic carbocycles. The van der Waals surface area contributed by atoms with Crippen molar-refractivity contribution in [1.82, 2.24) is 4.90 Å². The Kier molecular flexibility index (Phi) is 6.14. The number of methoxy groups -OCH3 is 1. The molecule has 0 aliphatic carbocycles.